The van der Waals surface area contributed by atoms with Gasteiger partial charge in [-0.2, -0.15) is 0 Å². The maximum atomic E-state index is 13.5. The summed E-state index contributed by atoms with van der Waals surface area (Å²) in [4.78, 5) is 11.5. The average Bonchev–Trinajstić information content (AvgIpc) is 2.83. The Hall–Kier alpha value is -2.01. The summed E-state index contributed by atoms with van der Waals surface area (Å²) in [7, 11) is 0. The van der Waals surface area contributed by atoms with Gasteiger partial charge in [-0.3, -0.25) is 0 Å². The van der Waals surface area contributed by atoms with Gasteiger partial charge in [-0.05, 0) is 31.5 Å². The minimum absolute atomic E-state index is 0.261. The first-order valence-electron chi connectivity index (χ1n) is 7.86. The maximum absolute atomic E-state index is 13.5. The van der Waals surface area contributed by atoms with Crippen LogP contribution in [0.25, 0.3) is 11.4 Å². The number of hydrogen-bond donors (Lipinski definition) is 1. The Morgan fingerprint density at radius 2 is 2.09 bits per heavy atom. The Labute approximate surface area is 130 Å². The van der Waals surface area contributed by atoms with Crippen molar-refractivity contribution in [3.05, 3.63) is 41.8 Å². The predicted molar refractivity (Wildman–Crippen MR) is 86.5 cm³/mol. The van der Waals surface area contributed by atoms with Crippen molar-refractivity contribution in [1.82, 2.24) is 15.3 Å². The second-order valence-electron chi connectivity index (χ2n) is 5.50. The molecule has 0 amide bonds. The van der Waals surface area contributed by atoms with E-state index in [0.717, 1.165) is 56.1 Å². The second-order valence-corrected chi connectivity index (χ2v) is 5.50. The van der Waals surface area contributed by atoms with Crippen LogP contribution in [-0.4, -0.2) is 36.1 Å². The number of rotatable bonds is 3. The third kappa shape index (κ3) is 3.42. The Morgan fingerprint density at radius 1 is 1.18 bits per heavy atom. The van der Waals surface area contributed by atoms with Crippen molar-refractivity contribution < 1.29 is 4.39 Å². The highest BCUT2D eigenvalue weighted by Gasteiger charge is 2.14. The van der Waals surface area contributed by atoms with Crippen LogP contribution in [0.2, 0.25) is 0 Å². The zero-order valence-corrected chi connectivity index (χ0v) is 12.8. The van der Waals surface area contributed by atoms with E-state index in [0.29, 0.717) is 5.82 Å². The molecule has 2 heterocycles. The molecule has 1 aliphatic heterocycles. The van der Waals surface area contributed by atoms with E-state index in [1.165, 1.54) is 12.1 Å². The van der Waals surface area contributed by atoms with E-state index < -0.39 is 0 Å². The number of benzene rings is 1. The molecule has 1 aliphatic rings. The van der Waals surface area contributed by atoms with Crippen molar-refractivity contribution in [1.29, 1.82) is 0 Å². The third-order valence-electron chi connectivity index (χ3n) is 3.87. The number of aromatic nitrogens is 2. The largest absolute Gasteiger partial charge is 0.355 e. The summed E-state index contributed by atoms with van der Waals surface area (Å²) in [5.41, 5.74) is 1.71. The van der Waals surface area contributed by atoms with Crippen molar-refractivity contribution in [3.63, 3.8) is 0 Å². The third-order valence-corrected chi connectivity index (χ3v) is 3.87. The van der Waals surface area contributed by atoms with Crippen LogP contribution in [0.15, 0.2) is 30.3 Å². The summed E-state index contributed by atoms with van der Waals surface area (Å²) in [6.45, 7) is 5.99. The highest BCUT2D eigenvalue weighted by Crippen LogP contribution is 2.21. The first-order chi connectivity index (χ1) is 10.8. The molecular formula is C17H21FN4. The summed E-state index contributed by atoms with van der Waals surface area (Å²) in [6, 6.07) is 8.53. The standard InChI is InChI=1S/C17H21FN4/c1-2-15-12-16(22-9-4-7-19-8-10-22)21-17(20-15)13-5-3-6-14(18)11-13/h3,5-6,11-12,19H,2,4,7-10H2,1H3. The molecular weight excluding hydrogens is 279 g/mol. The molecule has 0 saturated carbocycles. The molecule has 5 heteroatoms. The van der Waals surface area contributed by atoms with Crippen molar-refractivity contribution in [2.75, 3.05) is 31.1 Å². The Morgan fingerprint density at radius 3 is 2.91 bits per heavy atom. The Bertz CT molecular complexity index is 636. The predicted octanol–water partition coefficient (Wildman–Crippen LogP) is 2.64. The van der Waals surface area contributed by atoms with Crippen LogP contribution in [0.1, 0.15) is 19.0 Å². The fourth-order valence-electron chi connectivity index (χ4n) is 2.66. The number of hydrogen-bond acceptors (Lipinski definition) is 4. The Balaban J connectivity index is 1.98. The van der Waals surface area contributed by atoms with E-state index in [-0.39, 0.29) is 5.82 Å². The van der Waals surface area contributed by atoms with Gasteiger partial charge in [0.15, 0.2) is 5.82 Å². The van der Waals surface area contributed by atoms with E-state index in [1.807, 2.05) is 12.1 Å². The normalized spacial score (nSPS) is 15.6. The van der Waals surface area contributed by atoms with Gasteiger partial charge >= 0.3 is 0 Å². The number of nitrogens with zero attached hydrogens (tertiary/aromatic N) is 3. The molecule has 1 aromatic heterocycles. The molecule has 0 radical (unpaired) electrons. The first kappa shape index (κ1) is 14.9. The first-order valence-corrected chi connectivity index (χ1v) is 7.86. The summed E-state index contributed by atoms with van der Waals surface area (Å²) in [5.74, 6) is 1.28. The minimum atomic E-state index is -0.261. The summed E-state index contributed by atoms with van der Waals surface area (Å²) >= 11 is 0. The van der Waals surface area contributed by atoms with Gasteiger partial charge < -0.3 is 10.2 Å². The molecule has 1 saturated heterocycles. The van der Waals surface area contributed by atoms with Crippen LogP contribution >= 0.6 is 0 Å². The lowest BCUT2D eigenvalue weighted by atomic mass is 10.2. The van der Waals surface area contributed by atoms with Gasteiger partial charge in [0, 0.05) is 37.0 Å². The number of nitrogens with one attached hydrogen (secondary N) is 1. The average molecular weight is 300 g/mol. The number of anilines is 1. The van der Waals surface area contributed by atoms with Crippen LogP contribution < -0.4 is 10.2 Å². The second kappa shape index (κ2) is 6.83. The smallest absolute Gasteiger partial charge is 0.161 e. The molecule has 1 N–H and O–H groups in total. The highest BCUT2D eigenvalue weighted by molar-refractivity contribution is 5.58. The minimum Gasteiger partial charge on any atom is -0.355 e. The van der Waals surface area contributed by atoms with Gasteiger partial charge in [0.2, 0.25) is 0 Å². The summed E-state index contributed by atoms with van der Waals surface area (Å²) in [5, 5.41) is 3.39. The van der Waals surface area contributed by atoms with Gasteiger partial charge in [-0.25, -0.2) is 14.4 Å². The van der Waals surface area contributed by atoms with Crippen molar-refractivity contribution in [3.8, 4) is 11.4 Å². The Kier molecular flexibility index (Phi) is 4.63. The molecule has 22 heavy (non-hydrogen) atoms. The van der Waals surface area contributed by atoms with Crippen molar-refractivity contribution in [2.24, 2.45) is 0 Å². The zero-order chi connectivity index (χ0) is 15.4. The molecule has 1 aromatic carbocycles. The van der Waals surface area contributed by atoms with Gasteiger partial charge in [-0.1, -0.05) is 19.1 Å². The van der Waals surface area contributed by atoms with E-state index in [1.54, 1.807) is 6.07 Å². The van der Waals surface area contributed by atoms with Gasteiger partial charge in [0.25, 0.3) is 0 Å². The lowest BCUT2D eigenvalue weighted by Gasteiger charge is -2.22. The van der Waals surface area contributed by atoms with E-state index >= 15 is 0 Å². The van der Waals surface area contributed by atoms with Gasteiger partial charge in [0.1, 0.15) is 11.6 Å². The van der Waals surface area contributed by atoms with E-state index in [9.17, 15) is 4.39 Å². The van der Waals surface area contributed by atoms with Crippen LogP contribution in [0.5, 0.6) is 0 Å². The quantitative estimate of drug-likeness (QED) is 0.946. The SMILES string of the molecule is CCc1cc(N2CCCNCC2)nc(-c2cccc(F)c2)n1. The molecule has 3 rings (SSSR count). The molecule has 4 nitrogen and oxygen atoms in total. The summed E-state index contributed by atoms with van der Waals surface area (Å²) in [6.07, 6.45) is 1.94. The molecule has 0 spiro atoms. The highest BCUT2D eigenvalue weighted by atomic mass is 19.1. The van der Waals surface area contributed by atoms with Gasteiger partial charge in [-0.15, -0.1) is 0 Å². The molecule has 0 aliphatic carbocycles. The van der Waals surface area contributed by atoms with Crippen LogP contribution in [0.3, 0.4) is 0 Å². The lowest BCUT2D eigenvalue weighted by Crippen LogP contribution is -2.29. The van der Waals surface area contributed by atoms with Crippen LogP contribution in [0, 0.1) is 5.82 Å². The molecule has 2 aromatic rings. The van der Waals surface area contributed by atoms with E-state index in [2.05, 4.69) is 27.1 Å². The molecule has 0 atom stereocenters. The molecule has 0 unspecified atom stereocenters. The fraction of sp³-hybridized carbons (Fsp3) is 0.412. The van der Waals surface area contributed by atoms with Crippen molar-refractivity contribution in [2.45, 2.75) is 19.8 Å². The van der Waals surface area contributed by atoms with Gasteiger partial charge in [0.05, 0.1) is 0 Å². The lowest BCUT2D eigenvalue weighted by molar-refractivity contribution is 0.628. The maximum Gasteiger partial charge on any atom is 0.161 e. The summed E-state index contributed by atoms with van der Waals surface area (Å²) < 4.78 is 13.5. The monoisotopic (exact) mass is 300 g/mol. The van der Waals surface area contributed by atoms with E-state index in [4.69, 9.17) is 0 Å². The topological polar surface area (TPSA) is 41.0 Å². The van der Waals surface area contributed by atoms with Crippen LogP contribution in [-0.2, 0) is 6.42 Å². The number of aryl methyl sites for hydroxylation is 1. The van der Waals surface area contributed by atoms with Crippen LogP contribution in [0.4, 0.5) is 10.2 Å². The molecule has 1 fully saturated rings. The molecule has 0 bridgehead atoms. The van der Waals surface area contributed by atoms with Crippen molar-refractivity contribution >= 4 is 5.82 Å². The fourth-order valence-corrected chi connectivity index (χ4v) is 2.66. The zero-order valence-electron chi connectivity index (χ0n) is 12.8. The molecule has 116 valence electrons. The number of halogens is 1.